The summed E-state index contributed by atoms with van der Waals surface area (Å²) < 4.78 is 65.9. The number of hydrogen-bond donors (Lipinski definition) is 0. The fourth-order valence-electron chi connectivity index (χ4n) is 1.35. The molecule has 104 valence electrons. The van der Waals surface area contributed by atoms with Crippen LogP contribution in [0.5, 0.6) is 5.75 Å². The fourth-order valence-corrected chi connectivity index (χ4v) is 1.93. The van der Waals surface area contributed by atoms with Gasteiger partial charge in [0.15, 0.2) is 5.75 Å². The predicted octanol–water partition coefficient (Wildman–Crippen LogP) is 3.88. The van der Waals surface area contributed by atoms with Gasteiger partial charge in [-0.05, 0) is 0 Å². The topological polar surface area (TPSA) is 45.9 Å². The van der Waals surface area contributed by atoms with E-state index in [-0.39, 0.29) is 16.6 Å². The molecule has 0 aliphatic heterocycles. The van der Waals surface area contributed by atoms with Crippen LogP contribution < -0.4 is 4.74 Å². The van der Waals surface area contributed by atoms with Crippen molar-refractivity contribution in [3.05, 3.63) is 23.0 Å². The van der Waals surface area contributed by atoms with E-state index in [1.165, 1.54) is 0 Å². The molecule has 0 saturated heterocycles. The molecule has 1 aromatic heterocycles. The molecule has 3 nitrogen and oxygen atoms in total. The number of rotatable bonds is 4. The number of hydrogen-bond acceptors (Lipinski definition) is 3. The van der Waals surface area contributed by atoms with Crippen molar-refractivity contribution in [3.8, 4) is 11.8 Å². The molecule has 1 rings (SSSR count). The lowest BCUT2D eigenvalue weighted by Crippen LogP contribution is -2.20. The van der Waals surface area contributed by atoms with Crippen LogP contribution in [0.15, 0.2) is 6.20 Å². The maximum atomic E-state index is 12.7. The molecule has 0 radical (unpaired) electrons. The molecule has 0 bridgehead atoms. The molecule has 0 N–H and O–H groups in total. The fraction of sp³-hybridized carbons (Fsp3) is 0.400. The molecular formula is C10H6BrF5N2O. The first-order valence-corrected chi connectivity index (χ1v) is 5.89. The van der Waals surface area contributed by atoms with Crippen molar-refractivity contribution >= 4 is 15.9 Å². The van der Waals surface area contributed by atoms with Gasteiger partial charge in [-0.15, -0.1) is 13.2 Å². The highest BCUT2D eigenvalue weighted by Gasteiger charge is 2.34. The van der Waals surface area contributed by atoms with Crippen LogP contribution >= 0.6 is 15.9 Å². The van der Waals surface area contributed by atoms with Crippen molar-refractivity contribution in [1.29, 1.82) is 5.26 Å². The van der Waals surface area contributed by atoms with E-state index in [9.17, 15) is 22.0 Å². The van der Waals surface area contributed by atoms with Crippen molar-refractivity contribution < 1.29 is 26.7 Å². The van der Waals surface area contributed by atoms with E-state index in [4.69, 9.17) is 5.26 Å². The standard InChI is InChI=1S/C10H6BrF5N2O/c11-3-5-6(9(12)13)4-18-7(1-2-17)8(5)19-10(14,15)16/h4,9H,1,3H2. The van der Waals surface area contributed by atoms with Gasteiger partial charge in [0.1, 0.15) is 0 Å². The Morgan fingerprint density at radius 2 is 2.05 bits per heavy atom. The van der Waals surface area contributed by atoms with Crippen molar-refractivity contribution in [3.63, 3.8) is 0 Å². The van der Waals surface area contributed by atoms with Crippen molar-refractivity contribution in [2.45, 2.75) is 24.5 Å². The van der Waals surface area contributed by atoms with E-state index in [1.54, 1.807) is 6.07 Å². The van der Waals surface area contributed by atoms with Crippen LogP contribution in [0.4, 0.5) is 22.0 Å². The maximum absolute atomic E-state index is 12.7. The Hall–Kier alpha value is -1.43. The predicted molar refractivity (Wildman–Crippen MR) is 57.8 cm³/mol. The zero-order valence-corrected chi connectivity index (χ0v) is 10.7. The van der Waals surface area contributed by atoms with Crippen LogP contribution in [-0.4, -0.2) is 11.3 Å². The molecule has 1 heterocycles. The minimum Gasteiger partial charge on any atom is -0.403 e. The lowest BCUT2D eigenvalue weighted by Gasteiger charge is -2.17. The molecule has 0 aromatic carbocycles. The zero-order chi connectivity index (χ0) is 14.6. The Balaban J connectivity index is 3.41. The first kappa shape index (κ1) is 15.6. The number of pyridine rings is 1. The molecule has 0 aliphatic rings. The van der Waals surface area contributed by atoms with Crippen LogP contribution in [0.3, 0.4) is 0 Å². The Morgan fingerprint density at radius 1 is 1.42 bits per heavy atom. The van der Waals surface area contributed by atoms with E-state index in [0.29, 0.717) is 0 Å². The minimum atomic E-state index is -5.05. The lowest BCUT2D eigenvalue weighted by molar-refractivity contribution is -0.275. The van der Waals surface area contributed by atoms with Crippen molar-refractivity contribution in [2.24, 2.45) is 0 Å². The highest BCUT2D eigenvalue weighted by molar-refractivity contribution is 9.08. The van der Waals surface area contributed by atoms with Gasteiger partial charge >= 0.3 is 6.36 Å². The Labute approximate surface area is 113 Å². The maximum Gasteiger partial charge on any atom is 0.573 e. The van der Waals surface area contributed by atoms with Crippen molar-refractivity contribution in [2.75, 3.05) is 0 Å². The largest absolute Gasteiger partial charge is 0.573 e. The summed E-state index contributed by atoms with van der Waals surface area (Å²) >= 11 is 2.83. The first-order chi connectivity index (χ1) is 8.80. The molecule has 0 spiro atoms. The highest BCUT2D eigenvalue weighted by atomic mass is 79.9. The second-order valence-electron chi connectivity index (χ2n) is 3.28. The SMILES string of the molecule is N#CCc1ncc(C(F)F)c(CBr)c1OC(F)(F)F. The summed E-state index contributed by atoms with van der Waals surface area (Å²) in [6.07, 6.45) is -7.78. The molecule has 0 amide bonds. The van der Waals surface area contributed by atoms with Gasteiger partial charge in [0, 0.05) is 22.7 Å². The molecule has 19 heavy (non-hydrogen) atoms. The molecular weight excluding hydrogens is 339 g/mol. The third-order valence-corrected chi connectivity index (χ3v) is 2.64. The summed E-state index contributed by atoms with van der Waals surface area (Å²) in [7, 11) is 0. The van der Waals surface area contributed by atoms with Crippen LogP contribution in [0.1, 0.15) is 23.2 Å². The summed E-state index contributed by atoms with van der Waals surface area (Å²) in [6, 6.07) is 1.60. The van der Waals surface area contributed by atoms with E-state index in [2.05, 4.69) is 25.7 Å². The van der Waals surface area contributed by atoms with Gasteiger partial charge in [-0.25, -0.2) is 8.78 Å². The quantitative estimate of drug-likeness (QED) is 0.615. The van der Waals surface area contributed by atoms with E-state index in [1.807, 2.05) is 0 Å². The van der Waals surface area contributed by atoms with Gasteiger partial charge in [-0.1, -0.05) is 15.9 Å². The molecule has 9 heteroatoms. The number of nitrogens with zero attached hydrogens (tertiary/aromatic N) is 2. The molecule has 0 unspecified atom stereocenters. The second kappa shape index (κ2) is 6.14. The van der Waals surface area contributed by atoms with Crippen molar-refractivity contribution in [1.82, 2.24) is 4.98 Å². The summed E-state index contributed by atoms with van der Waals surface area (Å²) in [5.74, 6) is -0.844. The van der Waals surface area contributed by atoms with Crippen LogP contribution in [0, 0.1) is 11.3 Å². The molecule has 0 saturated carbocycles. The van der Waals surface area contributed by atoms with Crippen LogP contribution in [0.2, 0.25) is 0 Å². The average Bonchev–Trinajstić information content (AvgIpc) is 2.29. The molecule has 1 aromatic rings. The Morgan fingerprint density at radius 3 is 2.47 bits per heavy atom. The van der Waals surface area contributed by atoms with Gasteiger partial charge in [0.2, 0.25) is 0 Å². The number of alkyl halides is 6. The second-order valence-corrected chi connectivity index (χ2v) is 3.85. The molecule has 0 fully saturated rings. The number of halogens is 6. The average molecular weight is 345 g/mol. The first-order valence-electron chi connectivity index (χ1n) is 4.77. The smallest absolute Gasteiger partial charge is 0.403 e. The van der Waals surface area contributed by atoms with E-state index >= 15 is 0 Å². The summed E-state index contributed by atoms with van der Waals surface area (Å²) in [4.78, 5) is 3.43. The molecule has 0 aliphatic carbocycles. The van der Waals surface area contributed by atoms with Gasteiger partial charge in [0.05, 0.1) is 18.2 Å². The van der Waals surface area contributed by atoms with E-state index < -0.39 is 30.5 Å². The monoisotopic (exact) mass is 344 g/mol. The number of ether oxygens (including phenoxy) is 1. The van der Waals surface area contributed by atoms with Crippen LogP contribution in [0.25, 0.3) is 0 Å². The molecule has 0 atom stereocenters. The van der Waals surface area contributed by atoms with Gasteiger partial charge in [-0.3, -0.25) is 4.98 Å². The van der Waals surface area contributed by atoms with Crippen LogP contribution in [-0.2, 0) is 11.8 Å². The Bertz CT molecular complexity index is 498. The zero-order valence-electron chi connectivity index (χ0n) is 9.14. The Kier molecular flexibility index (Phi) is 5.05. The number of aromatic nitrogens is 1. The minimum absolute atomic E-state index is 0.279. The number of nitriles is 1. The summed E-state index contributed by atoms with van der Waals surface area (Å²) in [5, 5.41) is 8.22. The lowest BCUT2D eigenvalue weighted by atomic mass is 10.1. The summed E-state index contributed by atoms with van der Waals surface area (Å²) in [6.45, 7) is 0. The van der Waals surface area contributed by atoms with Gasteiger partial charge in [0.25, 0.3) is 6.43 Å². The summed E-state index contributed by atoms with van der Waals surface area (Å²) in [5.41, 5.74) is -1.37. The van der Waals surface area contributed by atoms with Gasteiger partial charge < -0.3 is 4.74 Å². The highest BCUT2D eigenvalue weighted by Crippen LogP contribution is 2.36. The third kappa shape index (κ3) is 4.02. The van der Waals surface area contributed by atoms with E-state index in [0.717, 1.165) is 6.20 Å². The third-order valence-electron chi connectivity index (χ3n) is 2.08. The van der Waals surface area contributed by atoms with Gasteiger partial charge in [-0.2, -0.15) is 5.26 Å². The normalized spacial score (nSPS) is 11.5.